The van der Waals surface area contributed by atoms with E-state index in [2.05, 4.69) is 21.0 Å². The van der Waals surface area contributed by atoms with Crippen LogP contribution in [-0.2, 0) is 0 Å². The van der Waals surface area contributed by atoms with Gasteiger partial charge in [-0.3, -0.25) is 0 Å². The summed E-state index contributed by atoms with van der Waals surface area (Å²) in [6.45, 7) is 1.81. The van der Waals surface area contributed by atoms with Crippen molar-refractivity contribution in [1.82, 2.24) is 9.78 Å². The van der Waals surface area contributed by atoms with E-state index < -0.39 is 5.97 Å². The normalized spacial score (nSPS) is 10.5. The van der Waals surface area contributed by atoms with Crippen LogP contribution in [-0.4, -0.2) is 20.9 Å². The van der Waals surface area contributed by atoms with Crippen molar-refractivity contribution in [2.45, 2.75) is 6.92 Å². The van der Waals surface area contributed by atoms with Crippen molar-refractivity contribution in [3.8, 4) is 5.69 Å². The van der Waals surface area contributed by atoms with Crippen molar-refractivity contribution >= 4 is 33.5 Å². The lowest BCUT2D eigenvalue weighted by molar-refractivity contribution is 0.0696. The van der Waals surface area contributed by atoms with Crippen LogP contribution in [0.25, 0.3) is 5.69 Å². The van der Waals surface area contributed by atoms with Crippen LogP contribution in [0, 0.1) is 6.92 Å². The highest BCUT2D eigenvalue weighted by molar-refractivity contribution is 9.10. The lowest BCUT2D eigenvalue weighted by atomic mass is 10.2. The Kier molecular flexibility index (Phi) is 3.22. The fourth-order valence-corrected chi connectivity index (χ4v) is 2.06. The molecule has 4 nitrogen and oxygen atoms in total. The van der Waals surface area contributed by atoms with E-state index in [0.29, 0.717) is 9.50 Å². The highest BCUT2D eigenvalue weighted by Crippen LogP contribution is 2.22. The average Bonchev–Trinajstić information content (AvgIpc) is 2.58. The van der Waals surface area contributed by atoms with Crippen LogP contribution in [0.15, 0.2) is 28.9 Å². The SMILES string of the molecule is Cc1nn(-c2ccc(C(=O)O)c(Br)c2)cc1Cl. The van der Waals surface area contributed by atoms with Crippen LogP contribution < -0.4 is 0 Å². The van der Waals surface area contributed by atoms with E-state index in [1.54, 1.807) is 29.9 Å². The molecule has 0 bridgehead atoms. The maximum atomic E-state index is 10.9. The second-order valence-corrected chi connectivity index (χ2v) is 4.74. The Balaban J connectivity index is 2.47. The number of benzene rings is 1. The van der Waals surface area contributed by atoms with Gasteiger partial charge in [-0.15, -0.1) is 0 Å². The van der Waals surface area contributed by atoms with Gasteiger partial charge in [-0.05, 0) is 41.1 Å². The topological polar surface area (TPSA) is 55.1 Å². The zero-order valence-corrected chi connectivity index (χ0v) is 11.2. The Morgan fingerprint density at radius 3 is 2.71 bits per heavy atom. The number of aromatic nitrogens is 2. The van der Waals surface area contributed by atoms with Gasteiger partial charge in [0.25, 0.3) is 0 Å². The quantitative estimate of drug-likeness (QED) is 0.925. The van der Waals surface area contributed by atoms with E-state index in [9.17, 15) is 4.79 Å². The smallest absolute Gasteiger partial charge is 0.336 e. The molecule has 0 spiro atoms. The van der Waals surface area contributed by atoms with Gasteiger partial charge in [0.15, 0.2) is 0 Å². The summed E-state index contributed by atoms with van der Waals surface area (Å²) in [5.74, 6) is -0.974. The summed E-state index contributed by atoms with van der Waals surface area (Å²) < 4.78 is 2.11. The van der Waals surface area contributed by atoms with Gasteiger partial charge in [-0.2, -0.15) is 5.10 Å². The molecule has 2 aromatic rings. The summed E-state index contributed by atoms with van der Waals surface area (Å²) in [7, 11) is 0. The molecule has 1 aromatic carbocycles. The van der Waals surface area contributed by atoms with Crippen molar-refractivity contribution in [3.05, 3.63) is 45.1 Å². The van der Waals surface area contributed by atoms with Crippen molar-refractivity contribution in [2.75, 3.05) is 0 Å². The number of carbonyl (C=O) groups is 1. The first-order valence-electron chi connectivity index (χ1n) is 4.74. The highest BCUT2D eigenvalue weighted by atomic mass is 79.9. The van der Waals surface area contributed by atoms with Gasteiger partial charge in [0.1, 0.15) is 0 Å². The third-order valence-electron chi connectivity index (χ3n) is 2.29. The summed E-state index contributed by atoms with van der Waals surface area (Å²) >= 11 is 9.13. The zero-order chi connectivity index (χ0) is 12.6. The van der Waals surface area contributed by atoms with Crippen LogP contribution in [0.2, 0.25) is 5.02 Å². The van der Waals surface area contributed by atoms with Crippen LogP contribution >= 0.6 is 27.5 Å². The number of hydrogen-bond donors (Lipinski definition) is 1. The Labute approximate surface area is 111 Å². The molecule has 0 saturated heterocycles. The molecule has 0 aliphatic carbocycles. The zero-order valence-electron chi connectivity index (χ0n) is 8.82. The molecule has 6 heteroatoms. The molecule has 17 heavy (non-hydrogen) atoms. The minimum Gasteiger partial charge on any atom is -0.478 e. The number of rotatable bonds is 2. The molecule has 0 fully saturated rings. The molecule has 1 N–H and O–H groups in total. The van der Waals surface area contributed by atoms with Gasteiger partial charge < -0.3 is 5.11 Å². The second kappa shape index (κ2) is 4.50. The van der Waals surface area contributed by atoms with Gasteiger partial charge in [-0.1, -0.05) is 11.6 Å². The van der Waals surface area contributed by atoms with Crippen molar-refractivity contribution in [3.63, 3.8) is 0 Å². The third-order valence-corrected chi connectivity index (χ3v) is 3.31. The molecular weight excluding hydrogens is 307 g/mol. The van der Waals surface area contributed by atoms with Crippen LogP contribution in [0.3, 0.4) is 0 Å². The van der Waals surface area contributed by atoms with E-state index >= 15 is 0 Å². The molecule has 0 saturated carbocycles. The van der Waals surface area contributed by atoms with E-state index in [1.165, 1.54) is 6.07 Å². The van der Waals surface area contributed by atoms with Crippen LogP contribution in [0.4, 0.5) is 0 Å². The molecule has 0 aliphatic heterocycles. The molecule has 0 unspecified atom stereocenters. The van der Waals surface area contributed by atoms with Gasteiger partial charge >= 0.3 is 5.97 Å². The maximum absolute atomic E-state index is 10.9. The lowest BCUT2D eigenvalue weighted by Gasteiger charge is -2.04. The lowest BCUT2D eigenvalue weighted by Crippen LogP contribution is -2.00. The Morgan fingerprint density at radius 2 is 2.24 bits per heavy atom. The van der Waals surface area contributed by atoms with Gasteiger partial charge in [0, 0.05) is 10.7 Å². The first-order chi connectivity index (χ1) is 7.99. The Bertz CT molecular complexity index is 576. The maximum Gasteiger partial charge on any atom is 0.336 e. The fourth-order valence-electron chi connectivity index (χ4n) is 1.39. The predicted octanol–water partition coefficient (Wildman–Crippen LogP) is 3.29. The van der Waals surface area contributed by atoms with Crippen molar-refractivity contribution in [1.29, 1.82) is 0 Å². The van der Waals surface area contributed by atoms with Crippen LogP contribution in [0.1, 0.15) is 16.1 Å². The van der Waals surface area contributed by atoms with Gasteiger partial charge in [0.2, 0.25) is 0 Å². The summed E-state index contributed by atoms with van der Waals surface area (Å²) in [6.07, 6.45) is 1.68. The largest absolute Gasteiger partial charge is 0.478 e. The van der Waals surface area contributed by atoms with Gasteiger partial charge in [0.05, 0.1) is 22.0 Å². The molecule has 2 rings (SSSR count). The molecule has 0 atom stereocenters. The van der Waals surface area contributed by atoms with Crippen molar-refractivity contribution in [2.24, 2.45) is 0 Å². The number of nitrogens with zero attached hydrogens (tertiary/aromatic N) is 2. The minimum atomic E-state index is -0.974. The van der Waals surface area contributed by atoms with E-state index in [4.69, 9.17) is 16.7 Å². The Morgan fingerprint density at radius 1 is 1.53 bits per heavy atom. The van der Waals surface area contributed by atoms with Crippen molar-refractivity contribution < 1.29 is 9.90 Å². The molecular formula is C11H8BrClN2O2. The number of hydrogen-bond acceptors (Lipinski definition) is 2. The average molecular weight is 316 g/mol. The number of carboxylic acid groups (broad SMARTS) is 1. The third kappa shape index (κ3) is 2.35. The number of carboxylic acids is 1. The molecule has 88 valence electrons. The van der Waals surface area contributed by atoms with E-state index in [1.807, 2.05) is 0 Å². The monoisotopic (exact) mass is 314 g/mol. The summed E-state index contributed by atoms with van der Waals surface area (Å²) in [5, 5.41) is 13.7. The summed E-state index contributed by atoms with van der Waals surface area (Å²) in [5.41, 5.74) is 1.69. The molecule has 1 heterocycles. The van der Waals surface area contributed by atoms with Gasteiger partial charge in [-0.25, -0.2) is 9.48 Å². The van der Waals surface area contributed by atoms with Crippen LogP contribution in [0.5, 0.6) is 0 Å². The number of aromatic carboxylic acids is 1. The summed E-state index contributed by atoms with van der Waals surface area (Å²) in [6, 6.07) is 4.88. The number of aryl methyl sites for hydroxylation is 1. The fraction of sp³-hybridized carbons (Fsp3) is 0.0909. The number of halogens is 2. The molecule has 1 aromatic heterocycles. The predicted molar refractivity (Wildman–Crippen MR) is 68.0 cm³/mol. The molecule has 0 amide bonds. The van der Waals surface area contributed by atoms with E-state index in [-0.39, 0.29) is 5.56 Å². The first-order valence-corrected chi connectivity index (χ1v) is 5.91. The van der Waals surface area contributed by atoms with E-state index in [0.717, 1.165) is 11.4 Å². The molecule has 0 aliphatic rings. The first kappa shape index (κ1) is 12.1. The Hall–Kier alpha value is -1.33. The summed E-state index contributed by atoms with van der Waals surface area (Å²) in [4.78, 5) is 10.9. The standard InChI is InChI=1S/C11H8BrClN2O2/c1-6-10(13)5-15(14-6)7-2-3-8(11(16)17)9(12)4-7/h2-5H,1H3,(H,16,17). The highest BCUT2D eigenvalue weighted by Gasteiger charge is 2.10. The minimum absolute atomic E-state index is 0.212. The second-order valence-electron chi connectivity index (χ2n) is 3.48. The molecule has 0 radical (unpaired) electrons.